The van der Waals surface area contributed by atoms with Crippen molar-refractivity contribution in [1.82, 2.24) is 10.2 Å². The number of carboxylic acid groups (broad SMARTS) is 1. The maximum Gasteiger partial charge on any atom is 0.334 e. The number of aliphatic hydroxyl groups is 1. The molecule has 0 heterocycles. The molecule has 1 aliphatic carbocycles. The van der Waals surface area contributed by atoms with Gasteiger partial charge in [-0.1, -0.05) is 6.92 Å². The summed E-state index contributed by atoms with van der Waals surface area (Å²) in [4.78, 5) is 23.8. The first kappa shape index (κ1) is 13.8. The third-order valence-corrected chi connectivity index (χ3v) is 2.69. The summed E-state index contributed by atoms with van der Waals surface area (Å²) < 4.78 is 0. The van der Waals surface area contributed by atoms with Gasteiger partial charge in [0.1, 0.15) is 0 Å². The van der Waals surface area contributed by atoms with Crippen LogP contribution < -0.4 is 5.32 Å². The minimum absolute atomic E-state index is 0.251. The summed E-state index contributed by atoms with van der Waals surface area (Å²) in [5, 5.41) is 20.0. The topological polar surface area (TPSA) is 89.9 Å². The van der Waals surface area contributed by atoms with Crippen molar-refractivity contribution in [2.75, 3.05) is 19.6 Å². The molecule has 0 aliphatic heterocycles. The molecule has 6 heteroatoms. The highest BCUT2D eigenvalue weighted by Crippen LogP contribution is 2.29. The molecule has 1 fully saturated rings. The van der Waals surface area contributed by atoms with E-state index in [1.807, 2.05) is 6.92 Å². The maximum absolute atomic E-state index is 11.7. The van der Waals surface area contributed by atoms with E-state index in [2.05, 4.69) is 5.32 Å². The second kappa shape index (κ2) is 6.44. The predicted octanol–water partition coefficient (Wildman–Crippen LogP) is 0.263. The second-order valence-corrected chi connectivity index (χ2v) is 4.43. The molecule has 1 atom stereocenters. The number of aliphatic carboxylic acids is 1. The number of hydrogen-bond acceptors (Lipinski definition) is 3. The first-order valence-electron chi connectivity index (χ1n) is 5.98. The Balaban J connectivity index is 2.32. The van der Waals surface area contributed by atoms with Gasteiger partial charge in [-0.15, -0.1) is 0 Å². The fraction of sp³-hybridized carbons (Fsp3) is 0.818. The van der Waals surface area contributed by atoms with Crippen LogP contribution in [0.1, 0.15) is 26.2 Å². The van der Waals surface area contributed by atoms with Gasteiger partial charge in [0.05, 0.1) is 6.54 Å². The van der Waals surface area contributed by atoms with Crippen molar-refractivity contribution in [3.8, 4) is 0 Å². The quantitative estimate of drug-likeness (QED) is 0.599. The summed E-state index contributed by atoms with van der Waals surface area (Å²) in [6, 6.07) is -0.293. The molecule has 0 spiro atoms. The smallest absolute Gasteiger partial charge is 0.334 e. The van der Waals surface area contributed by atoms with Gasteiger partial charge < -0.3 is 20.4 Å². The van der Waals surface area contributed by atoms with Crippen molar-refractivity contribution in [3.05, 3.63) is 0 Å². The standard InChI is InChI=1S/C11H20N2O4/c1-2-5-13(7-8-3-4-8)11(17)12-6-9(14)10(15)16/h8-9,14H,2-7H2,1H3,(H,12,17)(H,15,16). The number of amides is 2. The van der Waals surface area contributed by atoms with Gasteiger partial charge in [-0.3, -0.25) is 0 Å². The molecule has 98 valence electrons. The molecule has 0 bridgehead atoms. The lowest BCUT2D eigenvalue weighted by atomic mass is 10.3. The normalized spacial score (nSPS) is 16.4. The molecule has 0 saturated heterocycles. The summed E-state index contributed by atoms with van der Waals surface area (Å²) in [6.07, 6.45) is 1.64. The van der Waals surface area contributed by atoms with E-state index in [0.717, 1.165) is 25.8 Å². The molecule has 1 saturated carbocycles. The molecule has 17 heavy (non-hydrogen) atoms. The molecule has 1 unspecified atom stereocenters. The molecule has 1 aliphatic rings. The Morgan fingerprint density at radius 2 is 2.12 bits per heavy atom. The monoisotopic (exact) mass is 244 g/mol. The van der Waals surface area contributed by atoms with Crippen LogP contribution in [-0.4, -0.2) is 52.9 Å². The van der Waals surface area contributed by atoms with Crippen LogP contribution in [0.4, 0.5) is 4.79 Å². The van der Waals surface area contributed by atoms with Crippen LogP contribution in [0.25, 0.3) is 0 Å². The molecule has 6 nitrogen and oxygen atoms in total. The molecular formula is C11H20N2O4. The Kier molecular flexibility index (Phi) is 5.21. The fourth-order valence-corrected chi connectivity index (χ4v) is 1.54. The highest BCUT2D eigenvalue weighted by Gasteiger charge is 2.26. The Bertz CT molecular complexity index is 279. The lowest BCUT2D eigenvalue weighted by molar-refractivity contribution is -0.146. The van der Waals surface area contributed by atoms with Crippen molar-refractivity contribution in [2.45, 2.75) is 32.3 Å². The molecule has 0 radical (unpaired) electrons. The number of urea groups is 1. The van der Waals surface area contributed by atoms with Crippen molar-refractivity contribution in [2.24, 2.45) is 5.92 Å². The van der Waals surface area contributed by atoms with E-state index in [9.17, 15) is 9.59 Å². The third kappa shape index (κ3) is 5.04. The van der Waals surface area contributed by atoms with E-state index in [4.69, 9.17) is 10.2 Å². The van der Waals surface area contributed by atoms with Gasteiger partial charge in [0.15, 0.2) is 6.10 Å². The molecule has 0 aromatic heterocycles. The largest absolute Gasteiger partial charge is 0.479 e. The van der Waals surface area contributed by atoms with Crippen LogP contribution >= 0.6 is 0 Å². The fourth-order valence-electron chi connectivity index (χ4n) is 1.54. The van der Waals surface area contributed by atoms with Crippen LogP contribution in [0.3, 0.4) is 0 Å². The lowest BCUT2D eigenvalue weighted by Crippen LogP contribution is -2.45. The summed E-state index contributed by atoms with van der Waals surface area (Å²) in [5.74, 6) is -0.730. The molecule has 0 aromatic rings. The first-order valence-corrected chi connectivity index (χ1v) is 5.98. The number of rotatable bonds is 7. The number of carbonyl (C=O) groups is 2. The van der Waals surface area contributed by atoms with Crippen LogP contribution in [0.15, 0.2) is 0 Å². The van der Waals surface area contributed by atoms with Crippen molar-refractivity contribution in [1.29, 1.82) is 0 Å². The zero-order valence-corrected chi connectivity index (χ0v) is 10.1. The van der Waals surface area contributed by atoms with Crippen LogP contribution in [0.2, 0.25) is 0 Å². The van der Waals surface area contributed by atoms with Crippen LogP contribution in [0.5, 0.6) is 0 Å². The predicted molar refractivity (Wildman–Crippen MR) is 61.6 cm³/mol. The zero-order chi connectivity index (χ0) is 12.8. The van der Waals surface area contributed by atoms with Crippen LogP contribution in [0, 0.1) is 5.92 Å². The Labute approximate surface area is 101 Å². The van der Waals surface area contributed by atoms with E-state index in [-0.39, 0.29) is 12.6 Å². The van der Waals surface area contributed by atoms with Gasteiger partial charge in [-0.2, -0.15) is 0 Å². The molecule has 3 N–H and O–H groups in total. The number of carboxylic acids is 1. The summed E-state index contributed by atoms with van der Waals surface area (Å²) in [7, 11) is 0. The van der Waals surface area contributed by atoms with Gasteiger partial charge in [0.25, 0.3) is 0 Å². The Hall–Kier alpha value is -1.30. The van der Waals surface area contributed by atoms with Gasteiger partial charge >= 0.3 is 12.0 Å². The zero-order valence-electron chi connectivity index (χ0n) is 10.1. The van der Waals surface area contributed by atoms with Gasteiger partial charge in [-0.05, 0) is 25.2 Å². The summed E-state index contributed by atoms with van der Waals surface area (Å²) >= 11 is 0. The van der Waals surface area contributed by atoms with Crippen LogP contribution in [-0.2, 0) is 4.79 Å². The Morgan fingerprint density at radius 1 is 1.47 bits per heavy atom. The SMILES string of the molecule is CCCN(CC1CC1)C(=O)NCC(O)C(=O)O. The summed E-state index contributed by atoms with van der Waals surface area (Å²) in [6.45, 7) is 3.12. The highest BCUT2D eigenvalue weighted by atomic mass is 16.4. The second-order valence-electron chi connectivity index (χ2n) is 4.43. The highest BCUT2D eigenvalue weighted by molar-refractivity contribution is 5.76. The minimum Gasteiger partial charge on any atom is -0.479 e. The summed E-state index contributed by atoms with van der Waals surface area (Å²) in [5.41, 5.74) is 0. The number of aliphatic hydroxyl groups excluding tert-OH is 1. The van der Waals surface area contributed by atoms with Crippen molar-refractivity contribution < 1.29 is 19.8 Å². The Morgan fingerprint density at radius 3 is 2.59 bits per heavy atom. The van der Waals surface area contributed by atoms with Gasteiger partial charge in [0, 0.05) is 13.1 Å². The van der Waals surface area contributed by atoms with Gasteiger partial charge in [-0.25, -0.2) is 9.59 Å². The molecule has 2 amide bonds. The number of nitrogens with zero attached hydrogens (tertiary/aromatic N) is 1. The number of carbonyl (C=O) groups excluding carboxylic acids is 1. The molecule has 1 rings (SSSR count). The van der Waals surface area contributed by atoms with E-state index < -0.39 is 12.1 Å². The van der Waals surface area contributed by atoms with Crippen molar-refractivity contribution in [3.63, 3.8) is 0 Å². The average molecular weight is 244 g/mol. The van der Waals surface area contributed by atoms with Crippen molar-refractivity contribution >= 4 is 12.0 Å². The van der Waals surface area contributed by atoms with E-state index in [0.29, 0.717) is 12.5 Å². The lowest BCUT2D eigenvalue weighted by Gasteiger charge is -2.22. The van der Waals surface area contributed by atoms with E-state index in [1.165, 1.54) is 0 Å². The number of nitrogens with one attached hydrogen (secondary N) is 1. The molecule has 0 aromatic carbocycles. The third-order valence-electron chi connectivity index (χ3n) is 2.69. The minimum atomic E-state index is -1.54. The molecular weight excluding hydrogens is 224 g/mol. The van der Waals surface area contributed by atoms with Gasteiger partial charge in [0.2, 0.25) is 0 Å². The first-order chi connectivity index (χ1) is 8.04. The van der Waals surface area contributed by atoms with E-state index >= 15 is 0 Å². The average Bonchev–Trinajstić information content (AvgIpc) is 3.08. The number of hydrogen-bond donors (Lipinski definition) is 3. The van der Waals surface area contributed by atoms with E-state index in [1.54, 1.807) is 4.90 Å². The maximum atomic E-state index is 11.7.